The number of hydrogen-bond donors (Lipinski definition) is 0. The molecule has 6 nitrogen and oxygen atoms in total. The molecule has 1 fully saturated rings. The molecule has 0 spiro atoms. The summed E-state index contributed by atoms with van der Waals surface area (Å²) in [7, 11) is 1.42. The normalized spacial score (nSPS) is 15.6. The number of hydrogen-bond acceptors (Lipinski definition) is 6. The van der Waals surface area contributed by atoms with Gasteiger partial charge in [-0.25, -0.2) is 9.78 Å². The number of methoxy groups -OCH3 is 1. The summed E-state index contributed by atoms with van der Waals surface area (Å²) >= 11 is 0. The van der Waals surface area contributed by atoms with Crippen LogP contribution in [0.15, 0.2) is 18.3 Å². The van der Waals surface area contributed by atoms with Crippen molar-refractivity contribution >= 4 is 17.8 Å². The van der Waals surface area contributed by atoms with Crippen LogP contribution in [0.4, 0.5) is 5.82 Å². The fourth-order valence-corrected chi connectivity index (χ4v) is 2.42. The predicted molar refractivity (Wildman–Crippen MR) is 77.1 cm³/mol. The van der Waals surface area contributed by atoms with E-state index < -0.39 is 0 Å². The Morgan fingerprint density at radius 2 is 2.05 bits per heavy atom. The van der Waals surface area contributed by atoms with E-state index in [-0.39, 0.29) is 17.9 Å². The second kappa shape index (κ2) is 7.06. The Bertz CT molecular complexity index is 493. The van der Waals surface area contributed by atoms with Crippen molar-refractivity contribution in [2.45, 2.75) is 19.8 Å². The number of esters is 2. The first-order chi connectivity index (χ1) is 10.2. The summed E-state index contributed by atoms with van der Waals surface area (Å²) in [4.78, 5) is 29.4. The lowest BCUT2D eigenvalue weighted by atomic mass is 9.97. The highest BCUT2D eigenvalue weighted by Gasteiger charge is 2.26. The Morgan fingerprint density at radius 1 is 1.33 bits per heavy atom. The Hall–Kier alpha value is -2.11. The summed E-state index contributed by atoms with van der Waals surface area (Å²) in [6.07, 6.45) is 3.04. The van der Waals surface area contributed by atoms with Crippen molar-refractivity contribution in [1.82, 2.24) is 4.98 Å². The van der Waals surface area contributed by atoms with Gasteiger partial charge in [-0.15, -0.1) is 0 Å². The fraction of sp³-hybridized carbons (Fsp3) is 0.533. The zero-order chi connectivity index (χ0) is 15.2. The van der Waals surface area contributed by atoms with Gasteiger partial charge in [0.05, 0.1) is 25.2 Å². The molecule has 1 aliphatic rings. The molecule has 0 bridgehead atoms. The lowest BCUT2D eigenvalue weighted by molar-refractivity contribution is -0.146. The number of anilines is 1. The molecule has 0 N–H and O–H groups in total. The van der Waals surface area contributed by atoms with Gasteiger partial charge in [-0.3, -0.25) is 4.79 Å². The maximum absolute atomic E-state index is 11.6. The van der Waals surface area contributed by atoms with Gasteiger partial charge in [0.15, 0.2) is 0 Å². The average molecular weight is 292 g/mol. The van der Waals surface area contributed by atoms with E-state index in [4.69, 9.17) is 9.47 Å². The number of ether oxygens (including phenoxy) is 2. The lowest BCUT2D eigenvalue weighted by Gasteiger charge is -2.31. The number of aromatic nitrogens is 1. The molecule has 0 amide bonds. The van der Waals surface area contributed by atoms with Gasteiger partial charge in [0.2, 0.25) is 0 Å². The highest BCUT2D eigenvalue weighted by atomic mass is 16.5. The monoisotopic (exact) mass is 292 g/mol. The quantitative estimate of drug-likeness (QED) is 0.786. The minimum atomic E-state index is -0.360. The lowest BCUT2D eigenvalue weighted by Crippen LogP contribution is -2.37. The van der Waals surface area contributed by atoms with Crippen LogP contribution in [0, 0.1) is 5.92 Å². The number of pyridine rings is 1. The average Bonchev–Trinajstić information content (AvgIpc) is 2.54. The summed E-state index contributed by atoms with van der Waals surface area (Å²) in [5.74, 6) is 0.289. The maximum atomic E-state index is 11.6. The summed E-state index contributed by atoms with van der Waals surface area (Å²) in [5, 5.41) is 0. The minimum Gasteiger partial charge on any atom is -0.469 e. The largest absolute Gasteiger partial charge is 0.469 e. The topological polar surface area (TPSA) is 68.7 Å². The van der Waals surface area contributed by atoms with Crippen molar-refractivity contribution in [3.63, 3.8) is 0 Å². The van der Waals surface area contributed by atoms with Crippen molar-refractivity contribution in [1.29, 1.82) is 0 Å². The van der Waals surface area contributed by atoms with E-state index in [2.05, 4.69) is 9.88 Å². The van der Waals surface area contributed by atoms with Gasteiger partial charge in [0, 0.05) is 19.3 Å². The first-order valence-corrected chi connectivity index (χ1v) is 7.11. The standard InChI is InChI=1S/C15H20N2O4/c1-3-21-15(19)12-4-5-13(16-10-12)17-8-6-11(7-9-17)14(18)20-2/h4-5,10-11H,3,6-9H2,1-2H3. The minimum absolute atomic E-state index is 0.0231. The number of piperidine rings is 1. The first-order valence-electron chi connectivity index (χ1n) is 7.11. The molecule has 2 rings (SSSR count). The molecule has 0 atom stereocenters. The van der Waals surface area contributed by atoms with Gasteiger partial charge >= 0.3 is 11.9 Å². The first kappa shape index (κ1) is 15.3. The SMILES string of the molecule is CCOC(=O)c1ccc(N2CCC(C(=O)OC)CC2)nc1. The molecule has 1 aromatic rings. The molecule has 1 aliphatic heterocycles. The van der Waals surface area contributed by atoms with Crippen LogP contribution < -0.4 is 4.90 Å². The van der Waals surface area contributed by atoms with Crippen molar-refractivity contribution in [2.75, 3.05) is 31.7 Å². The third kappa shape index (κ3) is 3.71. The van der Waals surface area contributed by atoms with Gasteiger partial charge in [-0.1, -0.05) is 0 Å². The van der Waals surface area contributed by atoms with Gasteiger partial charge in [-0.2, -0.15) is 0 Å². The molecule has 1 saturated heterocycles. The molecule has 0 aliphatic carbocycles. The van der Waals surface area contributed by atoms with Gasteiger partial charge in [-0.05, 0) is 31.9 Å². The summed E-state index contributed by atoms with van der Waals surface area (Å²) in [6, 6.07) is 3.53. The molecule has 0 radical (unpaired) electrons. The van der Waals surface area contributed by atoms with Crippen molar-refractivity contribution in [2.24, 2.45) is 5.92 Å². The van der Waals surface area contributed by atoms with E-state index in [1.165, 1.54) is 13.3 Å². The molecule has 114 valence electrons. The molecule has 0 aromatic carbocycles. The predicted octanol–water partition coefficient (Wildman–Crippen LogP) is 1.65. The van der Waals surface area contributed by atoms with Crippen molar-refractivity contribution in [3.05, 3.63) is 23.9 Å². The third-order valence-corrected chi connectivity index (χ3v) is 3.61. The van der Waals surface area contributed by atoms with Crippen molar-refractivity contribution in [3.8, 4) is 0 Å². The third-order valence-electron chi connectivity index (χ3n) is 3.61. The zero-order valence-corrected chi connectivity index (χ0v) is 12.4. The van der Waals surface area contributed by atoms with E-state index in [9.17, 15) is 9.59 Å². The van der Waals surface area contributed by atoms with Gasteiger partial charge in [0.25, 0.3) is 0 Å². The van der Waals surface area contributed by atoms with Crippen LogP contribution in [0.1, 0.15) is 30.1 Å². The molecular formula is C15H20N2O4. The highest BCUT2D eigenvalue weighted by molar-refractivity contribution is 5.89. The second-order valence-corrected chi connectivity index (χ2v) is 4.91. The Kier molecular flexibility index (Phi) is 5.14. The second-order valence-electron chi connectivity index (χ2n) is 4.91. The summed E-state index contributed by atoms with van der Waals surface area (Å²) < 4.78 is 9.69. The molecule has 2 heterocycles. The smallest absolute Gasteiger partial charge is 0.339 e. The van der Waals surface area contributed by atoms with Crippen LogP contribution in [0.5, 0.6) is 0 Å². The number of carbonyl (C=O) groups excluding carboxylic acids is 2. The molecule has 1 aromatic heterocycles. The molecule has 6 heteroatoms. The number of rotatable bonds is 4. The highest BCUT2D eigenvalue weighted by Crippen LogP contribution is 2.22. The maximum Gasteiger partial charge on any atom is 0.339 e. The van der Waals surface area contributed by atoms with Crippen LogP contribution in [-0.4, -0.2) is 43.7 Å². The Balaban J connectivity index is 1.95. The fourth-order valence-electron chi connectivity index (χ4n) is 2.42. The summed E-state index contributed by atoms with van der Waals surface area (Å²) in [5.41, 5.74) is 0.449. The van der Waals surface area contributed by atoms with Gasteiger partial charge in [0.1, 0.15) is 5.82 Å². The van der Waals surface area contributed by atoms with Crippen LogP contribution in [0.25, 0.3) is 0 Å². The van der Waals surface area contributed by atoms with E-state index in [1.54, 1.807) is 13.0 Å². The molecule has 21 heavy (non-hydrogen) atoms. The Morgan fingerprint density at radius 3 is 2.57 bits per heavy atom. The van der Waals surface area contributed by atoms with Crippen LogP contribution >= 0.6 is 0 Å². The van der Waals surface area contributed by atoms with E-state index in [0.29, 0.717) is 12.2 Å². The summed E-state index contributed by atoms with van der Waals surface area (Å²) in [6.45, 7) is 3.63. The van der Waals surface area contributed by atoms with E-state index >= 15 is 0 Å². The van der Waals surface area contributed by atoms with Crippen LogP contribution in [0.2, 0.25) is 0 Å². The van der Waals surface area contributed by atoms with Crippen LogP contribution in [-0.2, 0) is 14.3 Å². The van der Waals surface area contributed by atoms with E-state index in [0.717, 1.165) is 31.7 Å². The van der Waals surface area contributed by atoms with E-state index in [1.807, 2.05) is 6.07 Å². The van der Waals surface area contributed by atoms with Crippen LogP contribution in [0.3, 0.4) is 0 Å². The zero-order valence-electron chi connectivity index (χ0n) is 12.4. The Labute approximate surface area is 124 Å². The molecule has 0 saturated carbocycles. The number of nitrogens with zero attached hydrogens (tertiary/aromatic N) is 2. The number of carbonyl (C=O) groups is 2. The molecule has 0 unspecified atom stereocenters. The van der Waals surface area contributed by atoms with Crippen molar-refractivity contribution < 1.29 is 19.1 Å². The molecular weight excluding hydrogens is 272 g/mol. The van der Waals surface area contributed by atoms with Gasteiger partial charge < -0.3 is 14.4 Å².